The van der Waals surface area contributed by atoms with Crippen LogP contribution in [-0.2, 0) is 10.5 Å². The van der Waals surface area contributed by atoms with Crippen LogP contribution >= 0.6 is 50.8 Å². The number of thioether (sulfide) groups is 2. The zero-order chi connectivity index (χ0) is 14.4. The molecule has 0 unspecified atom stereocenters. The third-order valence-electron chi connectivity index (χ3n) is 2.62. The summed E-state index contributed by atoms with van der Waals surface area (Å²) in [5.41, 5.74) is 0. The van der Waals surface area contributed by atoms with Gasteiger partial charge in [-0.1, -0.05) is 11.8 Å². The van der Waals surface area contributed by atoms with Gasteiger partial charge in [0.25, 0.3) is 5.24 Å². The summed E-state index contributed by atoms with van der Waals surface area (Å²) < 4.78 is 1.15. The first kappa shape index (κ1) is 16.2. The lowest BCUT2D eigenvalue weighted by molar-refractivity contribution is -0.121. The fourth-order valence-corrected chi connectivity index (χ4v) is 4.94. The average molecular weight is 395 g/mol. The van der Waals surface area contributed by atoms with Gasteiger partial charge in [-0.05, 0) is 28.1 Å². The molecule has 2 amide bonds. The van der Waals surface area contributed by atoms with E-state index in [1.54, 1.807) is 28.0 Å². The van der Waals surface area contributed by atoms with Crippen LogP contribution in [0.2, 0.25) is 0 Å². The summed E-state index contributed by atoms with van der Waals surface area (Å²) in [5.74, 6) is 2.57. The van der Waals surface area contributed by atoms with Gasteiger partial charge in [-0.15, -0.1) is 11.3 Å². The van der Waals surface area contributed by atoms with E-state index in [-0.39, 0.29) is 17.7 Å². The van der Waals surface area contributed by atoms with E-state index in [0.29, 0.717) is 13.1 Å². The maximum atomic E-state index is 11.7. The van der Waals surface area contributed by atoms with Gasteiger partial charge in [0, 0.05) is 35.2 Å². The molecule has 1 aromatic heterocycles. The number of hydrogen-bond acceptors (Lipinski definition) is 5. The van der Waals surface area contributed by atoms with Crippen molar-refractivity contribution in [3.63, 3.8) is 0 Å². The fourth-order valence-electron chi connectivity index (χ4n) is 1.66. The Morgan fingerprint density at radius 1 is 1.50 bits per heavy atom. The fraction of sp³-hybridized carbons (Fsp3) is 0.500. The van der Waals surface area contributed by atoms with Crippen molar-refractivity contribution in [3.8, 4) is 0 Å². The van der Waals surface area contributed by atoms with Crippen LogP contribution in [0.5, 0.6) is 0 Å². The summed E-state index contributed by atoms with van der Waals surface area (Å²) in [4.78, 5) is 25.9. The monoisotopic (exact) mass is 394 g/mol. The van der Waals surface area contributed by atoms with Gasteiger partial charge >= 0.3 is 0 Å². The van der Waals surface area contributed by atoms with Crippen molar-refractivity contribution >= 4 is 61.9 Å². The topological polar surface area (TPSA) is 49.4 Å². The van der Waals surface area contributed by atoms with E-state index >= 15 is 0 Å². The second-order valence-corrected chi connectivity index (χ2v) is 8.84. The lowest BCUT2D eigenvalue weighted by Gasteiger charge is -2.13. The first-order chi connectivity index (χ1) is 9.65. The highest BCUT2D eigenvalue weighted by Gasteiger charge is 2.22. The van der Waals surface area contributed by atoms with E-state index < -0.39 is 0 Å². The van der Waals surface area contributed by atoms with Gasteiger partial charge in [0.1, 0.15) is 6.54 Å². The zero-order valence-electron chi connectivity index (χ0n) is 10.8. The lowest BCUT2D eigenvalue weighted by Crippen LogP contribution is -2.38. The molecule has 0 atom stereocenters. The molecule has 1 aliphatic heterocycles. The molecule has 2 heterocycles. The first-order valence-corrected chi connectivity index (χ1v) is 9.90. The molecule has 2 rings (SSSR count). The van der Waals surface area contributed by atoms with Crippen molar-refractivity contribution in [2.45, 2.75) is 5.75 Å². The Hall–Kier alpha value is -0.180. The molecular formula is C12H15BrN2O2S3. The Labute approximate surface area is 139 Å². The van der Waals surface area contributed by atoms with E-state index in [1.165, 1.54) is 16.6 Å². The van der Waals surface area contributed by atoms with E-state index in [1.807, 2.05) is 6.07 Å². The molecule has 0 aliphatic carbocycles. The molecule has 0 radical (unpaired) electrons. The number of nitrogens with one attached hydrogen (secondary N) is 1. The molecule has 8 heteroatoms. The predicted molar refractivity (Wildman–Crippen MR) is 90.6 cm³/mol. The standard InChI is InChI=1S/C12H15BrN2O2S3/c13-10-2-1-9(20-10)8-18-5-3-14-11(16)7-15-4-6-19-12(15)17/h1-2H,3-8H2,(H,14,16). The van der Waals surface area contributed by atoms with Gasteiger partial charge in [0.2, 0.25) is 5.91 Å². The quantitative estimate of drug-likeness (QED) is 0.721. The molecule has 1 saturated heterocycles. The molecule has 0 aromatic carbocycles. The van der Waals surface area contributed by atoms with E-state index in [4.69, 9.17) is 0 Å². The van der Waals surface area contributed by atoms with Crippen LogP contribution in [0.15, 0.2) is 15.9 Å². The van der Waals surface area contributed by atoms with Crippen molar-refractivity contribution in [1.29, 1.82) is 0 Å². The summed E-state index contributed by atoms with van der Waals surface area (Å²) in [6, 6.07) is 4.16. The third kappa shape index (κ3) is 5.31. The number of hydrogen-bond donors (Lipinski definition) is 1. The molecule has 110 valence electrons. The molecule has 1 aliphatic rings. The Bertz CT molecular complexity index is 481. The molecule has 20 heavy (non-hydrogen) atoms. The van der Waals surface area contributed by atoms with E-state index in [9.17, 15) is 9.59 Å². The second-order valence-electron chi connectivity index (χ2n) is 4.14. The van der Waals surface area contributed by atoms with Crippen LogP contribution in [0.4, 0.5) is 4.79 Å². The maximum Gasteiger partial charge on any atom is 0.282 e. The minimum absolute atomic E-state index is 0.0118. The molecule has 1 fully saturated rings. The third-order valence-corrected chi connectivity index (χ3v) is 6.33. The first-order valence-electron chi connectivity index (χ1n) is 6.15. The van der Waals surface area contributed by atoms with Crippen LogP contribution in [-0.4, -0.2) is 47.2 Å². The van der Waals surface area contributed by atoms with Crippen molar-refractivity contribution in [2.75, 3.05) is 31.1 Å². The molecule has 4 nitrogen and oxygen atoms in total. The van der Waals surface area contributed by atoms with Crippen LogP contribution in [0, 0.1) is 0 Å². The summed E-state index contributed by atoms with van der Waals surface area (Å²) in [6.07, 6.45) is 0. The minimum Gasteiger partial charge on any atom is -0.354 e. The van der Waals surface area contributed by atoms with Crippen LogP contribution in [0.3, 0.4) is 0 Å². The van der Waals surface area contributed by atoms with Gasteiger partial charge in [0.05, 0.1) is 3.79 Å². The Morgan fingerprint density at radius 2 is 2.35 bits per heavy atom. The highest BCUT2D eigenvalue weighted by Crippen LogP contribution is 2.25. The molecule has 1 N–H and O–H groups in total. The van der Waals surface area contributed by atoms with Crippen molar-refractivity contribution < 1.29 is 9.59 Å². The normalized spacial score (nSPS) is 14.8. The number of carbonyl (C=O) groups is 2. The van der Waals surface area contributed by atoms with Crippen LogP contribution < -0.4 is 5.32 Å². The largest absolute Gasteiger partial charge is 0.354 e. The molecule has 1 aromatic rings. The smallest absolute Gasteiger partial charge is 0.282 e. The number of carbonyl (C=O) groups excluding carboxylic acids is 2. The van der Waals surface area contributed by atoms with Crippen molar-refractivity contribution in [2.24, 2.45) is 0 Å². The summed E-state index contributed by atoms with van der Waals surface area (Å²) in [7, 11) is 0. The van der Waals surface area contributed by atoms with Gasteiger partial charge < -0.3 is 10.2 Å². The maximum absolute atomic E-state index is 11.7. The number of halogens is 1. The van der Waals surface area contributed by atoms with Crippen LogP contribution in [0.1, 0.15) is 4.88 Å². The molecule has 0 bridgehead atoms. The number of amides is 2. The summed E-state index contributed by atoms with van der Waals surface area (Å²) in [6.45, 7) is 1.51. The highest BCUT2D eigenvalue weighted by atomic mass is 79.9. The van der Waals surface area contributed by atoms with Gasteiger partial charge in [0.15, 0.2) is 0 Å². The average Bonchev–Trinajstić information content (AvgIpc) is 2.99. The van der Waals surface area contributed by atoms with E-state index in [0.717, 1.165) is 21.0 Å². The second kappa shape index (κ2) is 8.31. The molecule has 0 saturated carbocycles. The van der Waals surface area contributed by atoms with E-state index in [2.05, 4.69) is 27.3 Å². The Kier molecular flexibility index (Phi) is 6.73. The van der Waals surface area contributed by atoms with Gasteiger partial charge in [-0.25, -0.2) is 0 Å². The zero-order valence-corrected chi connectivity index (χ0v) is 14.8. The molecular weight excluding hydrogens is 380 g/mol. The van der Waals surface area contributed by atoms with Crippen molar-refractivity contribution in [3.05, 3.63) is 20.8 Å². The minimum atomic E-state index is -0.0691. The van der Waals surface area contributed by atoms with Gasteiger partial charge in [-0.3, -0.25) is 9.59 Å². The predicted octanol–water partition coefficient (Wildman–Crippen LogP) is 3.03. The number of nitrogens with zero attached hydrogens (tertiary/aromatic N) is 1. The van der Waals surface area contributed by atoms with Crippen molar-refractivity contribution in [1.82, 2.24) is 10.2 Å². The number of rotatable bonds is 7. The Morgan fingerprint density at radius 3 is 3.00 bits per heavy atom. The summed E-state index contributed by atoms with van der Waals surface area (Å²) >= 11 is 8.25. The molecule has 0 spiro atoms. The van der Waals surface area contributed by atoms with Crippen LogP contribution in [0.25, 0.3) is 0 Å². The summed E-state index contributed by atoms with van der Waals surface area (Å²) in [5, 5.41) is 2.86. The number of thiophene rings is 1. The van der Waals surface area contributed by atoms with Gasteiger partial charge in [-0.2, -0.15) is 11.8 Å². The lowest BCUT2D eigenvalue weighted by atomic mass is 10.5. The highest BCUT2D eigenvalue weighted by molar-refractivity contribution is 9.11. The SMILES string of the molecule is O=C(CN1CCSC1=O)NCCSCc1ccc(Br)s1. The Balaban J connectivity index is 1.54.